The van der Waals surface area contributed by atoms with Crippen LogP contribution in [0.1, 0.15) is 22.3 Å². The molecule has 0 atom stereocenters. The Bertz CT molecular complexity index is 1850. The molecule has 0 aliphatic carbocycles. The predicted octanol–water partition coefficient (Wildman–Crippen LogP) is 6.97. The van der Waals surface area contributed by atoms with Crippen LogP contribution in [0.5, 0.6) is 11.5 Å². The molecular weight excluding hydrogens is 540 g/mol. The third kappa shape index (κ3) is 6.01. The van der Waals surface area contributed by atoms with Crippen molar-refractivity contribution in [3.63, 3.8) is 0 Å². The highest BCUT2D eigenvalue weighted by atomic mass is 16.5. The van der Waals surface area contributed by atoms with Gasteiger partial charge in [0.15, 0.2) is 0 Å². The van der Waals surface area contributed by atoms with Gasteiger partial charge in [-0.05, 0) is 76.9 Å². The molecule has 7 heteroatoms. The van der Waals surface area contributed by atoms with E-state index in [1.807, 2.05) is 42.5 Å². The first-order valence-corrected chi connectivity index (χ1v) is 13.8. The Kier molecular flexibility index (Phi) is 7.70. The van der Waals surface area contributed by atoms with Crippen LogP contribution in [0, 0.1) is 6.92 Å². The molecule has 7 nitrogen and oxygen atoms in total. The largest absolute Gasteiger partial charge is 0.489 e. The lowest BCUT2D eigenvalue weighted by Crippen LogP contribution is -2.54. The predicted molar refractivity (Wildman–Crippen MR) is 166 cm³/mol. The summed E-state index contributed by atoms with van der Waals surface area (Å²) in [4.78, 5) is 39.6. The molecule has 5 aromatic carbocycles. The average Bonchev–Trinajstić information content (AvgIpc) is 3.03. The molecule has 6 rings (SSSR count). The molecule has 0 unspecified atom stereocenters. The minimum atomic E-state index is -0.808. The number of imide groups is 2. The highest BCUT2D eigenvalue weighted by molar-refractivity contribution is 6.39. The number of aryl methyl sites for hydroxylation is 1. The smallest absolute Gasteiger partial charge is 0.335 e. The van der Waals surface area contributed by atoms with Crippen LogP contribution in [-0.4, -0.2) is 17.8 Å². The number of rotatable bonds is 8. The number of nitrogens with zero attached hydrogens (tertiary/aromatic N) is 1. The Balaban J connectivity index is 1.14. The third-order valence-electron chi connectivity index (χ3n) is 7.29. The zero-order chi connectivity index (χ0) is 29.8. The summed E-state index contributed by atoms with van der Waals surface area (Å²) >= 11 is 0. The fourth-order valence-corrected chi connectivity index (χ4v) is 4.94. The van der Waals surface area contributed by atoms with Gasteiger partial charge in [0.2, 0.25) is 0 Å². The second-order valence-corrected chi connectivity index (χ2v) is 10.2. The summed E-state index contributed by atoms with van der Waals surface area (Å²) in [5.74, 6) is -0.221. The molecule has 1 aliphatic rings. The average molecular weight is 569 g/mol. The number of urea groups is 1. The Morgan fingerprint density at radius 1 is 0.698 bits per heavy atom. The second kappa shape index (κ2) is 12.0. The highest BCUT2D eigenvalue weighted by Gasteiger charge is 2.36. The van der Waals surface area contributed by atoms with Crippen LogP contribution >= 0.6 is 0 Å². The molecule has 0 saturated carbocycles. The van der Waals surface area contributed by atoms with Gasteiger partial charge in [-0.2, -0.15) is 0 Å². The molecule has 0 radical (unpaired) electrons. The number of hydrogen-bond acceptors (Lipinski definition) is 5. The first-order chi connectivity index (χ1) is 21.0. The van der Waals surface area contributed by atoms with Crippen LogP contribution < -0.4 is 19.7 Å². The van der Waals surface area contributed by atoms with Gasteiger partial charge in [0.05, 0.1) is 5.69 Å². The fraction of sp³-hybridized carbons (Fsp3) is 0.0833. The molecule has 4 amide bonds. The van der Waals surface area contributed by atoms with Crippen molar-refractivity contribution in [1.29, 1.82) is 0 Å². The number of ether oxygens (including phenoxy) is 2. The summed E-state index contributed by atoms with van der Waals surface area (Å²) in [6.45, 7) is 2.86. The van der Waals surface area contributed by atoms with E-state index in [-0.39, 0.29) is 5.57 Å². The SMILES string of the molecule is Cc1ccc2ccccc2c1COc1ccc(/C=C2\C(=O)NC(=O)N(c3ccc(OCc4ccccc4)cc3)C2=O)cc1. The Morgan fingerprint density at radius 2 is 1.35 bits per heavy atom. The van der Waals surface area contributed by atoms with Gasteiger partial charge < -0.3 is 9.47 Å². The summed E-state index contributed by atoms with van der Waals surface area (Å²) in [6.07, 6.45) is 1.47. The molecule has 0 aromatic heterocycles. The van der Waals surface area contributed by atoms with E-state index in [2.05, 4.69) is 36.5 Å². The van der Waals surface area contributed by atoms with Crippen LogP contribution in [-0.2, 0) is 22.8 Å². The van der Waals surface area contributed by atoms with Gasteiger partial charge in [0, 0.05) is 5.56 Å². The van der Waals surface area contributed by atoms with Gasteiger partial charge in [-0.3, -0.25) is 14.9 Å². The maximum atomic E-state index is 13.3. The van der Waals surface area contributed by atoms with Gasteiger partial charge in [0.1, 0.15) is 30.3 Å². The molecule has 43 heavy (non-hydrogen) atoms. The van der Waals surface area contributed by atoms with Crippen molar-refractivity contribution in [2.75, 3.05) is 4.90 Å². The van der Waals surface area contributed by atoms with E-state index in [0.29, 0.717) is 36.0 Å². The summed E-state index contributed by atoms with van der Waals surface area (Å²) in [5.41, 5.74) is 4.07. The van der Waals surface area contributed by atoms with Crippen LogP contribution in [0.3, 0.4) is 0 Å². The van der Waals surface area contributed by atoms with Crippen molar-refractivity contribution in [2.45, 2.75) is 20.1 Å². The Morgan fingerprint density at radius 3 is 2.09 bits per heavy atom. The normalized spacial score (nSPS) is 14.2. The molecule has 212 valence electrons. The van der Waals surface area contributed by atoms with E-state index in [9.17, 15) is 14.4 Å². The maximum Gasteiger partial charge on any atom is 0.335 e. The van der Waals surface area contributed by atoms with Crippen LogP contribution in [0.15, 0.2) is 121 Å². The molecular formula is C36H28N2O5. The van der Waals surface area contributed by atoms with Crippen LogP contribution in [0.25, 0.3) is 16.8 Å². The summed E-state index contributed by atoms with van der Waals surface area (Å²) in [5, 5.41) is 4.57. The highest BCUT2D eigenvalue weighted by Crippen LogP contribution is 2.27. The van der Waals surface area contributed by atoms with Crippen molar-refractivity contribution in [3.05, 3.63) is 143 Å². The zero-order valence-electron chi connectivity index (χ0n) is 23.4. The summed E-state index contributed by atoms with van der Waals surface area (Å²) in [6, 6.07) is 35.0. The fourth-order valence-electron chi connectivity index (χ4n) is 4.94. The number of barbiturate groups is 1. The lowest BCUT2D eigenvalue weighted by Gasteiger charge is -2.26. The molecule has 5 aromatic rings. The third-order valence-corrected chi connectivity index (χ3v) is 7.29. The van der Waals surface area contributed by atoms with E-state index in [4.69, 9.17) is 9.47 Å². The van der Waals surface area contributed by atoms with Crippen molar-refractivity contribution in [3.8, 4) is 11.5 Å². The quantitative estimate of drug-likeness (QED) is 0.161. The lowest BCUT2D eigenvalue weighted by atomic mass is 10.0. The molecule has 1 heterocycles. The van der Waals surface area contributed by atoms with E-state index in [1.54, 1.807) is 48.5 Å². The number of hydrogen-bond donors (Lipinski definition) is 1. The number of anilines is 1. The van der Waals surface area contributed by atoms with E-state index >= 15 is 0 Å². The number of nitrogens with one attached hydrogen (secondary N) is 1. The van der Waals surface area contributed by atoms with Gasteiger partial charge in [0.25, 0.3) is 11.8 Å². The van der Waals surface area contributed by atoms with Crippen molar-refractivity contribution < 1.29 is 23.9 Å². The summed E-state index contributed by atoms with van der Waals surface area (Å²) in [7, 11) is 0. The Labute approximate surface area is 249 Å². The molecule has 0 bridgehead atoms. The minimum Gasteiger partial charge on any atom is -0.489 e. The van der Waals surface area contributed by atoms with E-state index in [0.717, 1.165) is 32.4 Å². The number of carbonyl (C=O) groups is 3. The Hall–Kier alpha value is -5.69. The first kappa shape index (κ1) is 27.5. The van der Waals surface area contributed by atoms with E-state index < -0.39 is 17.8 Å². The first-order valence-electron chi connectivity index (χ1n) is 13.8. The monoisotopic (exact) mass is 568 g/mol. The standard InChI is InChI=1S/C36H28N2O5/c1-24-11-14-27-9-5-6-10-31(27)33(24)23-43-29-17-12-25(13-18-29)21-32-34(39)37-36(41)38(35(32)40)28-15-19-30(20-16-28)42-22-26-7-3-2-4-8-26/h2-21H,22-23H2,1H3,(H,37,39,41)/b32-21+. The lowest BCUT2D eigenvalue weighted by molar-refractivity contribution is -0.122. The number of benzene rings is 5. The number of fused-ring (bicyclic) bond motifs is 1. The second-order valence-electron chi connectivity index (χ2n) is 10.2. The van der Waals surface area contributed by atoms with Crippen molar-refractivity contribution in [1.82, 2.24) is 5.32 Å². The molecule has 1 aliphatic heterocycles. The molecule has 1 saturated heterocycles. The molecule has 0 spiro atoms. The molecule has 1 N–H and O–H groups in total. The topological polar surface area (TPSA) is 84.9 Å². The van der Waals surface area contributed by atoms with Crippen molar-refractivity contribution >= 4 is 40.4 Å². The van der Waals surface area contributed by atoms with Crippen molar-refractivity contribution in [2.24, 2.45) is 0 Å². The van der Waals surface area contributed by atoms with Crippen LogP contribution in [0.4, 0.5) is 10.5 Å². The zero-order valence-corrected chi connectivity index (χ0v) is 23.4. The number of amides is 4. The minimum absolute atomic E-state index is 0.149. The maximum absolute atomic E-state index is 13.3. The number of carbonyl (C=O) groups excluding carboxylic acids is 3. The molecule has 1 fully saturated rings. The van der Waals surface area contributed by atoms with Gasteiger partial charge in [-0.1, -0.05) is 78.9 Å². The van der Waals surface area contributed by atoms with Gasteiger partial charge in [-0.15, -0.1) is 0 Å². The van der Waals surface area contributed by atoms with Gasteiger partial charge >= 0.3 is 6.03 Å². The van der Waals surface area contributed by atoms with E-state index in [1.165, 1.54) is 6.08 Å². The summed E-state index contributed by atoms with van der Waals surface area (Å²) < 4.78 is 11.9. The van der Waals surface area contributed by atoms with Gasteiger partial charge in [-0.25, -0.2) is 9.69 Å². The van der Waals surface area contributed by atoms with Crippen LogP contribution in [0.2, 0.25) is 0 Å².